The van der Waals surface area contributed by atoms with Gasteiger partial charge in [0.15, 0.2) is 0 Å². The lowest BCUT2D eigenvalue weighted by molar-refractivity contribution is 0.612. The maximum absolute atomic E-state index is 9.74. The average Bonchev–Trinajstić information content (AvgIpc) is 1.61. The SMILES string of the molecule is Cl.NCCC[SH](=O)=O. The molecule has 0 aromatic carbocycles. The number of hydrogen-bond acceptors (Lipinski definition) is 3. The summed E-state index contributed by atoms with van der Waals surface area (Å²) in [7, 11) is -2.19. The summed E-state index contributed by atoms with van der Waals surface area (Å²) >= 11 is 0. The minimum absolute atomic E-state index is 0. The van der Waals surface area contributed by atoms with Crippen molar-refractivity contribution in [3.8, 4) is 0 Å². The minimum Gasteiger partial charge on any atom is -0.330 e. The largest absolute Gasteiger partial charge is 0.330 e. The molecule has 0 amide bonds. The van der Waals surface area contributed by atoms with Gasteiger partial charge in [0.2, 0.25) is 0 Å². The van der Waals surface area contributed by atoms with Gasteiger partial charge in [0.25, 0.3) is 0 Å². The lowest BCUT2D eigenvalue weighted by Crippen LogP contribution is -2.01. The van der Waals surface area contributed by atoms with Crippen LogP contribution in [-0.2, 0) is 10.7 Å². The molecule has 0 saturated heterocycles. The van der Waals surface area contributed by atoms with E-state index in [4.69, 9.17) is 5.73 Å². The van der Waals surface area contributed by atoms with Crippen molar-refractivity contribution in [3.63, 3.8) is 0 Å². The molecule has 0 aliphatic rings. The van der Waals surface area contributed by atoms with Crippen molar-refractivity contribution in [1.29, 1.82) is 0 Å². The molecule has 5 heteroatoms. The Labute approximate surface area is 56.6 Å². The molecule has 52 valence electrons. The summed E-state index contributed by atoms with van der Waals surface area (Å²) in [5, 5.41) is 0. The zero-order valence-electron chi connectivity index (χ0n) is 4.37. The highest BCUT2D eigenvalue weighted by Gasteiger charge is 1.81. The van der Waals surface area contributed by atoms with Crippen LogP contribution in [0.2, 0.25) is 0 Å². The highest BCUT2D eigenvalue weighted by molar-refractivity contribution is 7.72. The van der Waals surface area contributed by atoms with Crippen molar-refractivity contribution in [1.82, 2.24) is 0 Å². The number of thiol groups is 1. The van der Waals surface area contributed by atoms with E-state index in [-0.39, 0.29) is 18.2 Å². The predicted molar refractivity (Wildman–Crippen MR) is 36.1 cm³/mol. The zero-order chi connectivity index (χ0) is 5.70. The minimum atomic E-state index is -2.19. The molecule has 0 atom stereocenters. The molecule has 0 bridgehead atoms. The third-order valence-electron chi connectivity index (χ3n) is 0.545. The summed E-state index contributed by atoms with van der Waals surface area (Å²) in [6, 6.07) is 0. The van der Waals surface area contributed by atoms with Gasteiger partial charge in [-0.15, -0.1) is 12.4 Å². The van der Waals surface area contributed by atoms with Crippen molar-refractivity contribution in [3.05, 3.63) is 0 Å². The van der Waals surface area contributed by atoms with Gasteiger partial charge in [-0.05, 0) is 13.0 Å². The molecule has 0 aliphatic carbocycles. The molecule has 0 radical (unpaired) electrons. The van der Waals surface area contributed by atoms with Gasteiger partial charge >= 0.3 is 0 Å². The molecule has 0 saturated carbocycles. The maximum Gasteiger partial charge on any atom is 0.140 e. The second-order valence-electron chi connectivity index (χ2n) is 1.20. The Morgan fingerprint density at radius 2 is 1.88 bits per heavy atom. The predicted octanol–water partition coefficient (Wildman–Crippen LogP) is -0.632. The Morgan fingerprint density at radius 1 is 1.38 bits per heavy atom. The van der Waals surface area contributed by atoms with Crippen LogP contribution in [0.25, 0.3) is 0 Å². The fraction of sp³-hybridized carbons (Fsp3) is 1.00. The molecule has 0 unspecified atom stereocenters. The Kier molecular flexibility index (Phi) is 9.95. The van der Waals surface area contributed by atoms with E-state index in [1.807, 2.05) is 0 Å². The van der Waals surface area contributed by atoms with Crippen molar-refractivity contribution in [2.75, 3.05) is 12.3 Å². The van der Waals surface area contributed by atoms with Crippen LogP contribution in [0.4, 0.5) is 0 Å². The Balaban J connectivity index is 0. The van der Waals surface area contributed by atoms with Gasteiger partial charge in [-0.1, -0.05) is 0 Å². The molecule has 0 aliphatic heterocycles. The number of halogens is 1. The highest BCUT2D eigenvalue weighted by atomic mass is 35.5. The number of nitrogens with two attached hydrogens (primary N) is 1. The van der Waals surface area contributed by atoms with Crippen LogP contribution < -0.4 is 5.73 Å². The van der Waals surface area contributed by atoms with Crippen LogP contribution in [-0.4, -0.2) is 20.7 Å². The summed E-state index contributed by atoms with van der Waals surface area (Å²) in [4.78, 5) is 0. The fourth-order valence-corrected chi connectivity index (χ4v) is 0.661. The fourth-order valence-electron chi connectivity index (χ4n) is 0.220. The summed E-state index contributed by atoms with van der Waals surface area (Å²) < 4.78 is 19.5. The zero-order valence-corrected chi connectivity index (χ0v) is 6.08. The number of rotatable bonds is 3. The van der Waals surface area contributed by atoms with Gasteiger partial charge < -0.3 is 5.73 Å². The van der Waals surface area contributed by atoms with E-state index < -0.39 is 10.7 Å². The first-order chi connectivity index (χ1) is 3.27. The van der Waals surface area contributed by atoms with Crippen LogP contribution in [0.5, 0.6) is 0 Å². The summed E-state index contributed by atoms with van der Waals surface area (Å²) in [6.45, 7) is 0.462. The molecule has 0 fully saturated rings. The monoisotopic (exact) mass is 159 g/mol. The molecule has 2 N–H and O–H groups in total. The van der Waals surface area contributed by atoms with E-state index >= 15 is 0 Å². The lowest BCUT2D eigenvalue weighted by Gasteiger charge is -1.81. The van der Waals surface area contributed by atoms with Gasteiger partial charge in [-0.25, -0.2) is 8.42 Å². The van der Waals surface area contributed by atoms with E-state index in [9.17, 15) is 8.42 Å². The van der Waals surface area contributed by atoms with Crippen LogP contribution in [0, 0.1) is 0 Å². The van der Waals surface area contributed by atoms with Gasteiger partial charge in [0.1, 0.15) is 10.7 Å². The van der Waals surface area contributed by atoms with E-state index in [0.717, 1.165) is 0 Å². The average molecular weight is 160 g/mol. The smallest absolute Gasteiger partial charge is 0.140 e. The van der Waals surface area contributed by atoms with Crippen molar-refractivity contribution < 1.29 is 8.42 Å². The lowest BCUT2D eigenvalue weighted by atomic mass is 10.5. The second-order valence-corrected chi connectivity index (χ2v) is 2.31. The Bertz CT molecular complexity index is 95.5. The Morgan fingerprint density at radius 3 is 2.00 bits per heavy atom. The van der Waals surface area contributed by atoms with Crippen LogP contribution in [0.15, 0.2) is 0 Å². The van der Waals surface area contributed by atoms with Gasteiger partial charge in [0.05, 0.1) is 0 Å². The molecule has 0 aromatic rings. The van der Waals surface area contributed by atoms with Gasteiger partial charge in [-0.3, -0.25) is 0 Å². The summed E-state index contributed by atoms with van der Waals surface area (Å²) in [5.41, 5.74) is 5.01. The summed E-state index contributed by atoms with van der Waals surface area (Å²) in [6.07, 6.45) is 0.582. The Hall–Kier alpha value is 0.200. The molecule has 3 nitrogen and oxygen atoms in total. The van der Waals surface area contributed by atoms with E-state index in [2.05, 4.69) is 0 Å². The summed E-state index contributed by atoms with van der Waals surface area (Å²) in [5.74, 6) is 0.228. The van der Waals surface area contributed by atoms with E-state index in [1.165, 1.54) is 0 Å². The number of hydrogen-bond donors (Lipinski definition) is 2. The maximum atomic E-state index is 9.74. The van der Waals surface area contributed by atoms with E-state index in [0.29, 0.717) is 13.0 Å². The first-order valence-electron chi connectivity index (χ1n) is 2.09. The molecule has 8 heavy (non-hydrogen) atoms. The second kappa shape index (κ2) is 7.20. The van der Waals surface area contributed by atoms with Crippen LogP contribution in [0.1, 0.15) is 6.42 Å². The molecule has 0 aromatic heterocycles. The first-order valence-corrected chi connectivity index (χ1v) is 3.45. The third kappa shape index (κ3) is 9.50. The van der Waals surface area contributed by atoms with Crippen molar-refractivity contribution >= 4 is 23.1 Å². The normalized spacial score (nSPS) is 8.75. The first kappa shape index (κ1) is 11.1. The van der Waals surface area contributed by atoms with E-state index in [1.54, 1.807) is 0 Å². The highest BCUT2D eigenvalue weighted by Crippen LogP contribution is 1.71. The van der Waals surface area contributed by atoms with Crippen molar-refractivity contribution in [2.45, 2.75) is 6.42 Å². The molecular weight excluding hydrogens is 150 g/mol. The molecule has 0 spiro atoms. The van der Waals surface area contributed by atoms with Crippen LogP contribution in [0.3, 0.4) is 0 Å². The van der Waals surface area contributed by atoms with Gasteiger partial charge in [0, 0.05) is 5.75 Å². The van der Waals surface area contributed by atoms with Crippen molar-refractivity contribution in [2.24, 2.45) is 5.73 Å². The molecule has 0 heterocycles. The van der Waals surface area contributed by atoms with Gasteiger partial charge in [-0.2, -0.15) is 0 Å². The molecule has 0 rings (SSSR count). The van der Waals surface area contributed by atoms with Crippen LogP contribution >= 0.6 is 12.4 Å². The quantitative estimate of drug-likeness (QED) is 0.539. The molecular formula is C3H10ClNO2S. The standard InChI is InChI=1S/C3H9NO2S.ClH/c4-2-1-3-7(5)6;/h7H,1-4H2;1H. The topological polar surface area (TPSA) is 60.2 Å². The third-order valence-corrected chi connectivity index (χ3v) is 1.23.